The van der Waals surface area contributed by atoms with Gasteiger partial charge in [0.2, 0.25) is 5.78 Å². The SMILES string of the molecule is CCCC(CC)[C@@H]1C(=O)C(C(N)=O)=C(O)[C@@]2(O)C(=O)C3=C(O)c4c(O)cc(C5CCCN5)c(C(F)(F)F)c4C[C@H]3C[C@@H]12. The Labute approximate surface area is 240 Å². The molecule has 7 N–H and O–H groups in total. The zero-order valence-corrected chi connectivity index (χ0v) is 23.3. The summed E-state index contributed by atoms with van der Waals surface area (Å²) in [5, 5.41) is 48.2. The van der Waals surface area contributed by atoms with Gasteiger partial charge in [0.15, 0.2) is 11.4 Å². The molecule has 1 saturated carbocycles. The van der Waals surface area contributed by atoms with Crippen molar-refractivity contribution in [3.63, 3.8) is 0 Å². The van der Waals surface area contributed by atoms with Gasteiger partial charge >= 0.3 is 6.18 Å². The summed E-state index contributed by atoms with van der Waals surface area (Å²) in [5.41, 5.74) is -0.862. The minimum atomic E-state index is -4.86. The number of carbonyl (C=O) groups excluding carboxylic acids is 3. The van der Waals surface area contributed by atoms with Crippen LogP contribution in [0.25, 0.3) is 5.76 Å². The van der Waals surface area contributed by atoms with E-state index in [1.54, 1.807) is 6.92 Å². The van der Waals surface area contributed by atoms with Crippen molar-refractivity contribution in [2.45, 2.75) is 76.6 Å². The largest absolute Gasteiger partial charge is 0.508 e. The topological polar surface area (TPSA) is 170 Å². The van der Waals surface area contributed by atoms with Gasteiger partial charge in [-0.05, 0) is 61.3 Å². The summed E-state index contributed by atoms with van der Waals surface area (Å²) in [4.78, 5) is 40.0. The molecule has 3 aliphatic carbocycles. The second kappa shape index (κ2) is 10.4. The molecule has 1 aromatic rings. The number of fused-ring (bicyclic) bond motifs is 3. The monoisotopic (exact) mass is 592 g/mol. The van der Waals surface area contributed by atoms with E-state index >= 15 is 0 Å². The first-order chi connectivity index (χ1) is 19.7. The van der Waals surface area contributed by atoms with E-state index in [-0.39, 0.29) is 17.5 Å². The Bertz CT molecular complexity index is 1430. The van der Waals surface area contributed by atoms with Crippen molar-refractivity contribution >= 4 is 23.2 Å². The lowest BCUT2D eigenvalue weighted by Crippen LogP contribution is -2.62. The highest BCUT2D eigenvalue weighted by atomic mass is 19.4. The molecule has 1 saturated heterocycles. The fraction of sp³-hybridized carbons (Fsp3) is 0.567. The number of aromatic hydroxyl groups is 1. The van der Waals surface area contributed by atoms with Crippen LogP contribution in [0.2, 0.25) is 0 Å². The summed E-state index contributed by atoms with van der Waals surface area (Å²) in [5.74, 6) is -10.1. The Morgan fingerprint density at radius 3 is 2.45 bits per heavy atom. The molecule has 2 unspecified atom stereocenters. The first kappa shape index (κ1) is 30.1. The van der Waals surface area contributed by atoms with Crippen molar-refractivity contribution in [1.82, 2.24) is 5.32 Å². The third-order valence-corrected chi connectivity index (χ3v) is 9.69. The number of halogens is 3. The molecule has 5 rings (SSSR count). The van der Waals surface area contributed by atoms with Crippen LogP contribution >= 0.6 is 0 Å². The summed E-state index contributed by atoms with van der Waals surface area (Å²) >= 11 is 0. The van der Waals surface area contributed by atoms with E-state index < -0.39 is 105 Å². The third kappa shape index (κ3) is 4.24. The summed E-state index contributed by atoms with van der Waals surface area (Å²) in [6, 6.07) is 0.276. The molecule has 0 radical (unpaired) electrons. The van der Waals surface area contributed by atoms with Gasteiger partial charge in [-0.25, -0.2) is 0 Å². The number of aliphatic hydroxyl groups is 3. The number of amides is 1. The van der Waals surface area contributed by atoms with Crippen LogP contribution in [-0.2, 0) is 27.0 Å². The number of rotatable bonds is 6. The number of nitrogens with two attached hydrogens (primary N) is 1. The molecule has 42 heavy (non-hydrogen) atoms. The number of phenolic OH excluding ortho intramolecular Hbond substituents is 1. The van der Waals surface area contributed by atoms with E-state index in [0.29, 0.717) is 38.6 Å². The van der Waals surface area contributed by atoms with Crippen molar-refractivity contribution in [1.29, 1.82) is 0 Å². The van der Waals surface area contributed by atoms with Crippen LogP contribution < -0.4 is 11.1 Å². The van der Waals surface area contributed by atoms with Crippen LogP contribution in [0.1, 0.15) is 80.7 Å². The standard InChI is InChI=1S/C30H35F3N2O7/c1-3-6-12(4-2)19-16-10-13-9-15-21(18(36)11-14(17-7-5-8-35-17)23(15)30(31,32)33)25(38)20(13)26(39)29(16,42)27(40)22(24(19)37)28(34)41/h11-13,16-17,19,35-36,38,40,42H,3-10H2,1-2H3,(H2,34,41)/t12?,13-,16-,17?,19-,29-/m0/s1. The number of primary amides is 1. The van der Waals surface area contributed by atoms with Crippen LogP contribution in [0.3, 0.4) is 0 Å². The first-order valence-electron chi connectivity index (χ1n) is 14.4. The molecule has 12 heteroatoms. The van der Waals surface area contributed by atoms with Gasteiger partial charge in [0.05, 0.1) is 11.1 Å². The summed E-state index contributed by atoms with van der Waals surface area (Å²) in [6.07, 6.45) is -2.93. The third-order valence-electron chi connectivity index (χ3n) is 9.69. The lowest BCUT2D eigenvalue weighted by molar-refractivity contribution is -0.156. The lowest BCUT2D eigenvalue weighted by Gasteiger charge is -2.50. The number of nitrogens with one attached hydrogen (secondary N) is 1. The second-order valence-corrected chi connectivity index (χ2v) is 11.9. The van der Waals surface area contributed by atoms with Gasteiger partial charge in [0, 0.05) is 23.5 Å². The van der Waals surface area contributed by atoms with Gasteiger partial charge in [-0.3, -0.25) is 14.4 Å². The van der Waals surface area contributed by atoms with Crippen molar-refractivity contribution in [3.05, 3.63) is 45.2 Å². The van der Waals surface area contributed by atoms with Crippen molar-refractivity contribution < 1.29 is 48.0 Å². The maximum Gasteiger partial charge on any atom is 0.417 e. The van der Waals surface area contributed by atoms with Gasteiger partial charge in [0.1, 0.15) is 22.8 Å². The van der Waals surface area contributed by atoms with Crippen LogP contribution in [0.5, 0.6) is 5.75 Å². The molecule has 1 heterocycles. The van der Waals surface area contributed by atoms with Gasteiger partial charge < -0.3 is 31.5 Å². The number of hydrogen-bond acceptors (Lipinski definition) is 8. The number of hydrogen-bond donors (Lipinski definition) is 6. The fourth-order valence-corrected chi connectivity index (χ4v) is 7.93. The molecule has 1 aliphatic heterocycles. The van der Waals surface area contributed by atoms with E-state index in [1.807, 2.05) is 6.92 Å². The summed E-state index contributed by atoms with van der Waals surface area (Å²) in [7, 11) is 0. The molecule has 0 bridgehead atoms. The minimum absolute atomic E-state index is 0.155. The van der Waals surface area contributed by atoms with E-state index in [1.165, 1.54) is 0 Å². The number of alkyl halides is 3. The minimum Gasteiger partial charge on any atom is -0.508 e. The van der Waals surface area contributed by atoms with Gasteiger partial charge in [-0.2, -0.15) is 13.2 Å². The molecule has 6 atom stereocenters. The van der Waals surface area contributed by atoms with Gasteiger partial charge in [-0.1, -0.05) is 33.1 Å². The molecule has 9 nitrogen and oxygen atoms in total. The number of phenols is 1. The maximum absolute atomic E-state index is 14.7. The van der Waals surface area contributed by atoms with E-state index in [4.69, 9.17) is 5.73 Å². The van der Waals surface area contributed by atoms with Crippen LogP contribution in [0.15, 0.2) is 23.0 Å². The first-order valence-corrected chi connectivity index (χ1v) is 14.4. The zero-order chi connectivity index (χ0) is 30.9. The smallest absolute Gasteiger partial charge is 0.417 e. The van der Waals surface area contributed by atoms with Gasteiger partial charge in [0.25, 0.3) is 5.91 Å². The van der Waals surface area contributed by atoms with E-state index in [2.05, 4.69) is 5.32 Å². The molecular formula is C30H35F3N2O7. The second-order valence-electron chi connectivity index (χ2n) is 11.9. The number of benzene rings is 1. The van der Waals surface area contributed by atoms with Gasteiger partial charge in [-0.15, -0.1) is 0 Å². The predicted octanol–water partition coefficient (Wildman–Crippen LogP) is 3.92. The number of aliphatic hydroxyl groups excluding tert-OH is 2. The Hall–Kier alpha value is -3.38. The maximum atomic E-state index is 14.7. The summed E-state index contributed by atoms with van der Waals surface area (Å²) in [6.45, 7) is 4.17. The average Bonchev–Trinajstić information content (AvgIpc) is 3.44. The molecule has 228 valence electrons. The van der Waals surface area contributed by atoms with Crippen molar-refractivity contribution in [3.8, 4) is 5.75 Å². The molecular weight excluding hydrogens is 557 g/mol. The molecule has 2 fully saturated rings. The fourth-order valence-electron chi connectivity index (χ4n) is 7.93. The zero-order valence-electron chi connectivity index (χ0n) is 23.3. The highest BCUT2D eigenvalue weighted by Gasteiger charge is 2.64. The van der Waals surface area contributed by atoms with Crippen molar-refractivity contribution in [2.75, 3.05) is 6.54 Å². The Morgan fingerprint density at radius 2 is 1.90 bits per heavy atom. The van der Waals surface area contributed by atoms with Crippen LogP contribution in [0.4, 0.5) is 13.2 Å². The average molecular weight is 593 g/mol. The Balaban J connectivity index is 1.75. The lowest BCUT2D eigenvalue weighted by atomic mass is 9.53. The molecule has 4 aliphatic rings. The normalized spacial score (nSPS) is 30.2. The van der Waals surface area contributed by atoms with Crippen LogP contribution in [0, 0.1) is 23.7 Å². The molecule has 1 aromatic carbocycles. The van der Waals surface area contributed by atoms with E-state index in [0.717, 1.165) is 6.07 Å². The Morgan fingerprint density at radius 1 is 1.21 bits per heavy atom. The molecule has 0 aromatic heterocycles. The highest BCUT2D eigenvalue weighted by Crippen LogP contribution is 2.57. The van der Waals surface area contributed by atoms with Crippen LogP contribution in [-0.4, -0.2) is 50.0 Å². The predicted molar refractivity (Wildman–Crippen MR) is 144 cm³/mol. The molecule has 1 amide bonds. The van der Waals surface area contributed by atoms with E-state index in [9.17, 15) is 48.0 Å². The van der Waals surface area contributed by atoms with Crippen molar-refractivity contribution in [2.24, 2.45) is 29.4 Å². The highest BCUT2D eigenvalue weighted by molar-refractivity contribution is 6.23. The molecule has 0 spiro atoms. The quantitative estimate of drug-likeness (QED) is 0.270. The summed E-state index contributed by atoms with van der Waals surface area (Å²) < 4.78 is 44.0. The Kier molecular flexibility index (Phi) is 7.46. The number of carbonyl (C=O) groups is 3. The number of Topliss-reactive ketones (excluding diaryl/α,β-unsaturated/α-hetero) is 2. The number of ketones is 2.